The van der Waals surface area contributed by atoms with Gasteiger partial charge in [0.2, 0.25) is 10.0 Å². The zero-order valence-electron chi connectivity index (χ0n) is 11.9. The van der Waals surface area contributed by atoms with Crippen LogP contribution in [0.25, 0.3) is 0 Å². The monoisotopic (exact) mass is 303 g/mol. The number of sulfonamides is 1. The highest BCUT2D eigenvalue weighted by Crippen LogP contribution is 2.35. The lowest BCUT2D eigenvalue weighted by atomic mass is 9.93. The van der Waals surface area contributed by atoms with E-state index in [9.17, 15) is 8.42 Å². The molecule has 0 saturated heterocycles. The first-order chi connectivity index (χ1) is 8.72. The molecule has 0 bridgehead atoms. The Morgan fingerprint density at radius 1 is 1.11 bits per heavy atom. The Hall–Kier alpha value is -0.580. The van der Waals surface area contributed by atoms with E-state index in [0.29, 0.717) is 10.6 Å². The van der Waals surface area contributed by atoms with Gasteiger partial charge in [0.1, 0.15) is 0 Å². The first kappa shape index (κ1) is 16.5. The highest BCUT2D eigenvalue weighted by Gasteiger charge is 2.21. The van der Waals surface area contributed by atoms with Gasteiger partial charge < -0.3 is 0 Å². The number of halogens is 1. The highest BCUT2D eigenvalue weighted by molar-refractivity contribution is 7.89. The Morgan fingerprint density at radius 3 is 2.00 bits per heavy atom. The van der Waals surface area contributed by atoms with E-state index in [0.717, 1.165) is 18.4 Å². The molecule has 0 spiro atoms. The van der Waals surface area contributed by atoms with Gasteiger partial charge in [-0.1, -0.05) is 39.3 Å². The molecular formula is C14H22ClNO2S. The fourth-order valence-electron chi connectivity index (χ4n) is 2.03. The molecule has 0 radical (unpaired) electrons. The molecule has 2 N–H and O–H groups in total. The Balaban J connectivity index is 3.55. The second kappa shape index (κ2) is 6.25. The standard InChI is InChI=1S/C14H22ClNO2S/c1-5-9(3)11-8-14(19(16,17)18)12(7-13(11)15)10(4)6-2/h7-10H,5-6H2,1-4H3,(H2,16,17,18). The minimum atomic E-state index is -3.73. The van der Waals surface area contributed by atoms with Crippen molar-refractivity contribution < 1.29 is 8.42 Å². The van der Waals surface area contributed by atoms with Crippen molar-refractivity contribution >= 4 is 21.6 Å². The van der Waals surface area contributed by atoms with Crippen molar-refractivity contribution in [1.82, 2.24) is 0 Å². The fraction of sp³-hybridized carbons (Fsp3) is 0.571. The Kier molecular flexibility index (Phi) is 5.42. The molecule has 5 heteroatoms. The quantitative estimate of drug-likeness (QED) is 0.893. The second-order valence-corrected chi connectivity index (χ2v) is 7.01. The lowest BCUT2D eigenvalue weighted by molar-refractivity contribution is 0.593. The lowest BCUT2D eigenvalue weighted by Crippen LogP contribution is -2.16. The molecule has 1 aromatic carbocycles. The molecule has 19 heavy (non-hydrogen) atoms. The molecule has 0 fully saturated rings. The van der Waals surface area contributed by atoms with Gasteiger partial charge in [0, 0.05) is 5.02 Å². The van der Waals surface area contributed by atoms with Crippen LogP contribution in [-0.4, -0.2) is 8.42 Å². The first-order valence-corrected chi connectivity index (χ1v) is 8.50. The number of hydrogen-bond donors (Lipinski definition) is 1. The molecule has 1 rings (SSSR count). The van der Waals surface area contributed by atoms with Crippen LogP contribution in [0.3, 0.4) is 0 Å². The number of primary sulfonamides is 1. The number of rotatable bonds is 5. The predicted octanol–water partition coefficient (Wildman–Crippen LogP) is 4.01. The summed E-state index contributed by atoms with van der Waals surface area (Å²) in [5, 5.41) is 5.96. The van der Waals surface area contributed by atoms with Crippen molar-refractivity contribution in [2.45, 2.75) is 57.3 Å². The summed E-state index contributed by atoms with van der Waals surface area (Å²) in [6.45, 7) is 8.05. The molecule has 0 amide bonds. The van der Waals surface area contributed by atoms with Crippen LogP contribution < -0.4 is 5.14 Å². The summed E-state index contributed by atoms with van der Waals surface area (Å²) in [5.74, 6) is 0.316. The highest BCUT2D eigenvalue weighted by atomic mass is 35.5. The SMILES string of the molecule is CCC(C)c1cc(S(N)(=O)=O)c(C(C)CC)cc1Cl. The largest absolute Gasteiger partial charge is 0.238 e. The van der Waals surface area contributed by atoms with Gasteiger partial charge in [-0.2, -0.15) is 0 Å². The van der Waals surface area contributed by atoms with Gasteiger partial charge in [0.05, 0.1) is 4.90 Å². The smallest absolute Gasteiger partial charge is 0.225 e. The maximum absolute atomic E-state index is 11.8. The van der Waals surface area contributed by atoms with Crippen LogP contribution >= 0.6 is 11.6 Å². The van der Waals surface area contributed by atoms with Gasteiger partial charge in [-0.15, -0.1) is 0 Å². The van der Waals surface area contributed by atoms with Gasteiger partial charge >= 0.3 is 0 Å². The van der Waals surface area contributed by atoms with Gasteiger partial charge in [0.25, 0.3) is 0 Å². The van der Waals surface area contributed by atoms with Crippen molar-refractivity contribution in [3.63, 3.8) is 0 Å². The third-order valence-electron chi connectivity index (χ3n) is 3.72. The third kappa shape index (κ3) is 3.71. The van der Waals surface area contributed by atoms with Crippen LogP contribution in [0.15, 0.2) is 17.0 Å². The summed E-state index contributed by atoms with van der Waals surface area (Å²) < 4.78 is 23.6. The lowest BCUT2D eigenvalue weighted by Gasteiger charge is -2.19. The van der Waals surface area contributed by atoms with Crippen LogP contribution in [0.4, 0.5) is 0 Å². The molecule has 0 aromatic heterocycles. The van der Waals surface area contributed by atoms with E-state index in [4.69, 9.17) is 16.7 Å². The average Bonchev–Trinajstić information content (AvgIpc) is 2.35. The Bertz CT molecular complexity index is 555. The molecule has 2 atom stereocenters. The normalized spacial score (nSPS) is 15.3. The fourth-order valence-corrected chi connectivity index (χ4v) is 3.27. The molecule has 0 aliphatic rings. The summed E-state index contributed by atoms with van der Waals surface area (Å²) in [6.07, 6.45) is 1.73. The van der Waals surface area contributed by atoms with Crippen molar-refractivity contribution in [1.29, 1.82) is 0 Å². The first-order valence-electron chi connectivity index (χ1n) is 6.58. The van der Waals surface area contributed by atoms with E-state index in [1.807, 2.05) is 27.7 Å². The number of nitrogens with two attached hydrogens (primary N) is 1. The van der Waals surface area contributed by atoms with E-state index < -0.39 is 10.0 Å². The molecule has 0 aliphatic heterocycles. The molecule has 108 valence electrons. The van der Waals surface area contributed by atoms with E-state index in [1.54, 1.807) is 12.1 Å². The second-order valence-electron chi connectivity index (χ2n) is 5.08. The van der Waals surface area contributed by atoms with Gasteiger partial charge in [-0.05, 0) is 47.9 Å². The Morgan fingerprint density at radius 2 is 1.58 bits per heavy atom. The minimum Gasteiger partial charge on any atom is -0.225 e. The van der Waals surface area contributed by atoms with E-state index in [-0.39, 0.29) is 16.7 Å². The van der Waals surface area contributed by atoms with Gasteiger partial charge in [0.15, 0.2) is 0 Å². The van der Waals surface area contributed by atoms with Crippen LogP contribution in [0.2, 0.25) is 5.02 Å². The molecule has 2 unspecified atom stereocenters. The topological polar surface area (TPSA) is 60.2 Å². The van der Waals surface area contributed by atoms with Crippen LogP contribution in [0.5, 0.6) is 0 Å². The maximum atomic E-state index is 11.8. The zero-order chi connectivity index (χ0) is 14.8. The maximum Gasteiger partial charge on any atom is 0.238 e. The summed E-state index contributed by atoms with van der Waals surface area (Å²) in [7, 11) is -3.73. The van der Waals surface area contributed by atoms with Crippen LogP contribution in [-0.2, 0) is 10.0 Å². The van der Waals surface area contributed by atoms with Crippen molar-refractivity contribution in [2.75, 3.05) is 0 Å². The molecular weight excluding hydrogens is 282 g/mol. The molecule has 1 aromatic rings. The van der Waals surface area contributed by atoms with Crippen LogP contribution in [0, 0.1) is 0 Å². The van der Waals surface area contributed by atoms with Crippen molar-refractivity contribution in [3.8, 4) is 0 Å². The van der Waals surface area contributed by atoms with Gasteiger partial charge in [-0.25, -0.2) is 13.6 Å². The van der Waals surface area contributed by atoms with Crippen LogP contribution in [0.1, 0.15) is 63.5 Å². The summed E-state index contributed by atoms with van der Waals surface area (Å²) in [4.78, 5) is 0.210. The van der Waals surface area contributed by atoms with E-state index in [2.05, 4.69) is 0 Å². The molecule has 0 aliphatic carbocycles. The number of benzene rings is 1. The predicted molar refractivity (Wildman–Crippen MR) is 80.2 cm³/mol. The van der Waals surface area contributed by atoms with Crippen molar-refractivity contribution in [3.05, 3.63) is 28.3 Å². The molecule has 0 heterocycles. The van der Waals surface area contributed by atoms with Gasteiger partial charge in [-0.3, -0.25) is 0 Å². The van der Waals surface area contributed by atoms with E-state index in [1.165, 1.54) is 0 Å². The number of hydrogen-bond acceptors (Lipinski definition) is 2. The Labute approximate surface area is 121 Å². The zero-order valence-corrected chi connectivity index (χ0v) is 13.5. The summed E-state index contributed by atoms with van der Waals surface area (Å²) in [5.41, 5.74) is 1.56. The third-order valence-corrected chi connectivity index (χ3v) is 5.02. The summed E-state index contributed by atoms with van der Waals surface area (Å²) >= 11 is 6.29. The molecule has 0 saturated carbocycles. The minimum absolute atomic E-state index is 0.108. The molecule has 3 nitrogen and oxygen atoms in total. The summed E-state index contributed by atoms with van der Waals surface area (Å²) in [6, 6.07) is 3.41. The van der Waals surface area contributed by atoms with E-state index >= 15 is 0 Å². The average molecular weight is 304 g/mol. The van der Waals surface area contributed by atoms with Crippen molar-refractivity contribution in [2.24, 2.45) is 5.14 Å².